The van der Waals surface area contributed by atoms with Gasteiger partial charge in [0.2, 0.25) is 0 Å². The maximum absolute atomic E-state index is 13.3. The van der Waals surface area contributed by atoms with Gasteiger partial charge >= 0.3 is 0 Å². The fraction of sp³-hybridized carbons (Fsp3) is 0.120. The number of carbonyl (C=O) groups is 2. The summed E-state index contributed by atoms with van der Waals surface area (Å²) >= 11 is 1.55. The minimum atomic E-state index is -0.316. The molecule has 0 aliphatic carbocycles. The molecule has 0 saturated heterocycles. The van der Waals surface area contributed by atoms with Crippen molar-refractivity contribution < 1.29 is 9.59 Å². The summed E-state index contributed by atoms with van der Waals surface area (Å²) in [6.45, 7) is 2.02. The topological polar surface area (TPSA) is 70.2 Å². The van der Waals surface area contributed by atoms with E-state index in [0.29, 0.717) is 16.8 Å². The number of hydrogen-bond donors (Lipinski definition) is 3. The summed E-state index contributed by atoms with van der Waals surface area (Å²) in [6, 6.07) is 19.2. The number of nitrogens with one attached hydrogen (secondary N) is 3. The summed E-state index contributed by atoms with van der Waals surface area (Å²) in [6.07, 6.45) is 0. The molecule has 1 atom stereocenters. The molecule has 154 valence electrons. The van der Waals surface area contributed by atoms with E-state index in [9.17, 15) is 9.59 Å². The molecule has 3 N–H and O–H groups in total. The third-order valence-electron chi connectivity index (χ3n) is 5.75. The predicted octanol–water partition coefficient (Wildman–Crippen LogP) is 5.34. The van der Waals surface area contributed by atoms with Crippen LogP contribution in [0.25, 0.3) is 10.1 Å². The summed E-state index contributed by atoms with van der Waals surface area (Å²) in [5, 5.41) is 12.1. The van der Waals surface area contributed by atoms with E-state index < -0.39 is 0 Å². The van der Waals surface area contributed by atoms with Crippen molar-refractivity contribution in [3.63, 3.8) is 0 Å². The molecular formula is C25H21N3O2S. The summed E-state index contributed by atoms with van der Waals surface area (Å²) in [5.74, 6) is -0.326. The van der Waals surface area contributed by atoms with Crippen LogP contribution in [-0.2, 0) is 0 Å². The highest BCUT2D eigenvalue weighted by Gasteiger charge is 2.34. The fourth-order valence-electron chi connectivity index (χ4n) is 4.17. The molecule has 3 aromatic carbocycles. The molecule has 2 amide bonds. The number of aryl methyl sites for hydroxylation is 1. The van der Waals surface area contributed by atoms with Gasteiger partial charge in [-0.2, -0.15) is 0 Å². The van der Waals surface area contributed by atoms with E-state index in [-0.39, 0.29) is 17.9 Å². The molecule has 0 fully saturated rings. The van der Waals surface area contributed by atoms with Crippen molar-refractivity contribution in [1.82, 2.24) is 5.32 Å². The van der Waals surface area contributed by atoms with Gasteiger partial charge in [0.15, 0.2) is 0 Å². The Bertz CT molecular complexity index is 1340. The van der Waals surface area contributed by atoms with Gasteiger partial charge in [-0.25, -0.2) is 0 Å². The minimum Gasteiger partial charge on any atom is -0.388 e. The van der Waals surface area contributed by atoms with Crippen molar-refractivity contribution in [3.05, 3.63) is 93.9 Å². The highest BCUT2D eigenvalue weighted by molar-refractivity contribution is 7.17. The van der Waals surface area contributed by atoms with Crippen molar-refractivity contribution in [3.8, 4) is 0 Å². The van der Waals surface area contributed by atoms with Gasteiger partial charge in [-0.3, -0.25) is 9.59 Å². The minimum absolute atomic E-state index is 0.142. The molecule has 31 heavy (non-hydrogen) atoms. The molecule has 5 rings (SSSR count). The maximum Gasteiger partial charge on any atom is 0.257 e. The summed E-state index contributed by atoms with van der Waals surface area (Å²) in [5.41, 5.74) is 5.51. The normalized spacial score (nSPS) is 14.9. The molecule has 2 heterocycles. The average Bonchev–Trinajstić information content (AvgIpc) is 3.35. The third-order valence-corrected chi connectivity index (χ3v) is 6.71. The number of carbonyl (C=O) groups excluding carboxylic acids is 2. The summed E-state index contributed by atoms with van der Waals surface area (Å²) < 4.78 is 1.07. The fourth-order valence-corrected chi connectivity index (χ4v) is 5.11. The molecule has 0 radical (unpaired) electrons. The maximum atomic E-state index is 13.3. The third kappa shape index (κ3) is 3.25. The van der Waals surface area contributed by atoms with Crippen LogP contribution in [0.2, 0.25) is 0 Å². The SMILES string of the molecule is CNc1cc(NC(=O)c2csc3ccccc23)c2c(c1)C(=O)NC2c1ccccc1C. The van der Waals surface area contributed by atoms with E-state index in [0.717, 1.165) is 32.5 Å². The van der Waals surface area contributed by atoms with Gasteiger partial charge in [0, 0.05) is 45.0 Å². The van der Waals surface area contributed by atoms with E-state index >= 15 is 0 Å². The lowest BCUT2D eigenvalue weighted by Gasteiger charge is -2.19. The first-order chi connectivity index (χ1) is 15.1. The number of amides is 2. The van der Waals surface area contributed by atoms with Gasteiger partial charge in [-0.05, 0) is 36.2 Å². The van der Waals surface area contributed by atoms with Crippen LogP contribution in [-0.4, -0.2) is 18.9 Å². The Balaban J connectivity index is 1.61. The molecule has 0 spiro atoms. The van der Waals surface area contributed by atoms with E-state index in [1.807, 2.05) is 73.0 Å². The van der Waals surface area contributed by atoms with Gasteiger partial charge in [0.1, 0.15) is 0 Å². The average molecular weight is 428 g/mol. The van der Waals surface area contributed by atoms with Crippen LogP contribution in [0, 0.1) is 6.92 Å². The molecule has 1 unspecified atom stereocenters. The Hall–Kier alpha value is -3.64. The lowest BCUT2D eigenvalue weighted by atomic mass is 9.93. The van der Waals surface area contributed by atoms with Crippen LogP contribution in [0.15, 0.2) is 66.0 Å². The van der Waals surface area contributed by atoms with Crippen LogP contribution in [0.3, 0.4) is 0 Å². The number of benzene rings is 3. The Morgan fingerprint density at radius 3 is 2.65 bits per heavy atom. The first-order valence-corrected chi connectivity index (χ1v) is 10.9. The Kier molecular flexibility index (Phi) is 4.71. The van der Waals surface area contributed by atoms with Crippen molar-refractivity contribution in [2.75, 3.05) is 17.7 Å². The van der Waals surface area contributed by atoms with Gasteiger partial charge in [-0.15, -0.1) is 11.3 Å². The number of anilines is 2. The molecule has 5 nitrogen and oxygen atoms in total. The van der Waals surface area contributed by atoms with Crippen LogP contribution >= 0.6 is 11.3 Å². The predicted molar refractivity (Wildman–Crippen MR) is 126 cm³/mol. The van der Waals surface area contributed by atoms with Crippen molar-refractivity contribution in [2.24, 2.45) is 0 Å². The van der Waals surface area contributed by atoms with Crippen LogP contribution < -0.4 is 16.0 Å². The van der Waals surface area contributed by atoms with Crippen LogP contribution in [0.1, 0.15) is 43.4 Å². The molecule has 1 aliphatic rings. The number of fused-ring (bicyclic) bond motifs is 2. The lowest BCUT2D eigenvalue weighted by molar-refractivity contribution is 0.0959. The Labute approximate surface area is 184 Å². The second-order valence-electron chi connectivity index (χ2n) is 7.60. The van der Waals surface area contributed by atoms with E-state index in [1.165, 1.54) is 0 Å². The molecule has 1 aliphatic heterocycles. The molecule has 0 saturated carbocycles. The van der Waals surface area contributed by atoms with E-state index in [1.54, 1.807) is 18.4 Å². The second kappa shape index (κ2) is 7.56. The molecule has 0 bridgehead atoms. The summed E-state index contributed by atoms with van der Waals surface area (Å²) in [4.78, 5) is 26.1. The zero-order valence-corrected chi connectivity index (χ0v) is 18.0. The zero-order valence-electron chi connectivity index (χ0n) is 17.2. The smallest absolute Gasteiger partial charge is 0.257 e. The molecular weight excluding hydrogens is 406 g/mol. The standard InChI is InChI=1S/C25H21N3O2S/c1-14-7-3-4-8-16(14)23-22-18(24(29)28-23)11-15(26-2)12-20(22)27-25(30)19-13-31-21-10-6-5-9-17(19)21/h3-13,23,26H,1-2H3,(H,27,30)(H,28,29). The zero-order chi connectivity index (χ0) is 21.5. The van der Waals surface area contributed by atoms with Crippen LogP contribution in [0.4, 0.5) is 11.4 Å². The Morgan fingerprint density at radius 2 is 1.84 bits per heavy atom. The number of rotatable bonds is 4. The van der Waals surface area contributed by atoms with Crippen LogP contribution in [0.5, 0.6) is 0 Å². The highest BCUT2D eigenvalue weighted by atomic mass is 32.1. The second-order valence-corrected chi connectivity index (χ2v) is 8.51. The first-order valence-electron chi connectivity index (χ1n) is 10.1. The molecule has 6 heteroatoms. The van der Waals surface area contributed by atoms with Crippen molar-refractivity contribution in [2.45, 2.75) is 13.0 Å². The quantitative estimate of drug-likeness (QED) is 0.412. The summed E-state index contributed by atoms with van der Waals surface area (Å²) in [7, 11) is 1.80. The van der Waals surface area contributed by atoms with Gasteiger partial charge < -0.3 is 16.0 Å². The van der Waals surface area contributed by atoms with Crippen molar-refractivity contribution in [1.29, 1.82) is 0 Å². The van der Waals surface area contributed by atoms with E-state index in [2.05, 4.69) is 16.0 Å². The van der Waals surface area contributed by atoms with Gasteiger partial charge in [0.25, 0.3) is 11.8 Å². The van der Waals surface area contributed by atoms with Gasteiger partial charge in [-0.1, -0.05) is 42.5 Å². The number of hydrogen-bond acceptors (Lipinski definition) is 4. The van der Waals surface area contributed by atoms with E-state index in [4.69, 9.17) is 0 Å². The van der Waals surface area contributed by atoms with Crippen molar-refractivity contribution >= 4 is 44.6 Å². The highest BCUT2D eigenvalue weighted by Crippen LogP contribution is 2.40. The first kappa shape index (κ1) is 19.3. The molecule has 1 aromatic heterocycles. The lowest BCUT2D eigenvalue weighted by Crippen LogP contribution is -2.21. The molecule has 4 aromatic rings. The largest absolute Gasteiger partial charge is 0.388 e. The van der Waals surface area contributed by atoms with Gasteiger partial charge in [0.05, 0.1) is 11.6 Å². The Morgan fingerprint density at radius 1 is 1.06 bits per heavy atom. The monoisotopic (exact) mass is 427 g/mol. The number of thiophene rings is 1.